The van der Waals surface area contributed by atoms with Crippen molar-refractivity contribution >= 4 is 5.91 Å². The van der Waals surface area contributed by atoms with Crippen LogP contribution in [0.2, 0.25) is 0 Å². The first-order chi connectivity index (χ1) is 12.2. The van der Waals surface area contributed by atoms with Crippen molar-refractivity contribution in [3.05, 3.63) is 36.0 Å². The predicted molar refractivity (Wildman–Crippen MR) is 93.2 cm³/mol. The summed E-state index contributed by atoms with van der Waals surface area (Å²) < 4.78 is 12.6. The Morgan fingerprint density at radius 1 is 1.28 bits per heavy atom. The van der Waals surface area contributed by atoms with Gasteiger partial charge >= 0.3 is 0 Å². The minimum atomic E-state index is 0.0236. The van der Waals surface area contributed by atoms with Gasteiger partial charge in [0.15, 0.2) is 0 Å². The zero-order valence-corrected chi connectivity index (χ0v) is 14.5. The van der Waals surface area contributed by atoms with Crippen molar-refractivity contribution in [1.82, 2.24) is 14.7 Å². The minimum absolute atomic E-state index is 0.0236. The summed E-state index contributed by atoms with van der Waals surface area (Å²) in [6.45, 7) is 3.51. The smallest absolute Gasteiger partial charge is 0.228 e. The van der Waals surface area contributed by atoms with Gasteiger partial charge in [-0.1, -0.05) is 0 Å². The van der Waals surface area contributed by atoms with E-state index in [0.29, 0.717) is 19.8 Å². The van der Waals surface area contributed by atoms with Crippen LogP contribution in [0, 0.1) is 5.92 Å². The quantitative estimate of drug-likeness (QED) is 0.860. The second-order valence-electron chi connectivity index (χ2n) is 6.65. The van der Waals surface area contributed by atoms with Crippen LogP contribution in [0.15, 0.2) is 30.3 Å². The summed E-state index contributed by atoms with van der Waals surface area (Å²) in [6, 6.07) is 10.0. The molecule has 0 spiro atoms. The average molecular weight is 341 g/mol. The maximum absolute atomic E-state index is 12.7. The summed E-state index contributed by atoms with van der Waals surface area (Å²) in [6.07, 6.45) is 1.77. The normalized spacial score (nSPS) is 20.2. The van der Waals surface area contributed by atoms with Crippen molar-refractivity contribution in [2.45, 2.75) is 25.9 Å². The lowest BCUT2D eigenvalue weighted by atomic mass is 10.1. The topological polar surface area (TPSA) is 56.6 Å². The fourth-order valence-electron chi connectivity index (χ4n) is 3.54. The van der Waals surface area contributed by atoms with Crippen molar-refractivity contribution in [3.63, 3.8) is 0 Å². The Morgan fingerprint density at radius 3 is 2.84 bits per heavy atom. The number of ether oxygens (including phenoxy) is 2. The molecule has 6 heteroatoms. The molecule has 0 bridgehead atoms. The van der Waals surface area contributed by atoms with Gasteiger partial charge < -0.3 is 14.4 Å². The van der Waals surface area contributed by atoms with Gasteiger partial charge in [-0.2, -0.15) is 5.10 Å². The number of hydrogen-bond donors (Lipinski definition) is 0. The van der Waals surface area contributed by atoms with Crippen molar-refractivity contribution in [3.8, 4) is 17.0 Å². The molecule has 2 aliphatic rings. The van der Waals surface area contributed by atoms with Crippen molar-refractivity contribution in [2.75, 3.05) is 26.9 Å². The molecule has 3 heterocycles. The lowest BCUT2D eigenvalue weighted by molar-refractivity contribution is -0.136. The number of benzene rings is 1. The van der Waals surface area contributed by atoms with Gasteiger partial charge in [0.05, 0.1) is 37.6 Å². The first-order valence-electron chi connectivity index (χ1n) is 8.82. The zero-order valence-electron chi connectivity index (χ0n) is 14.5. The predicted octanol–water partition coefficient (Wildman–Crippen LogP) is 2.33. The fourth-order valence-corrected chi connectivity index (χ4v) is 3.54. The average Bonchev–Trinajstić information content (AvgIpc) is 3.27. The molecule has 4 rings (SSSR count). The number of hydrogen-bond acceptors (Lipinski definition) is 4. The third-order valence-electron chi connectivity index (χ3n) is 4.99. The second kappa shape index (κ2) is 6.88. The van der Waals surface area contributed by atoms with Crippen molar-refractivity contribution < 1.29 is 14.3 Å². The fraction of sp³-hybridized carbons (Fsp3) is 0.474. The highest BCUT2D eigenvalue weighted by molar-refractivity contribution is 5.79. The summed E-state index contributed by atoms with van der Waals surface area (Å²) >= 11 is 0. The summed E-state index contributed by atoms with van der Waals surface area (Å²) in [5, 5.41) is 4.74. The van der Waals surface area contributed by atoms with Crippen LogP contribution >= 0.6 is 0 Å². The van der Waals surface area contributed by atoms with Gasteiger partial charge in [-0.05, 0) is 43.2 Å². The van der Waals surface area contributed by atoms with Crippen molar-refractivity contribution in [2.24, 2.45) is 5.92 Å². The molecule has 1 saturated heterocycles. The molecule has 1 unspecified atom stereocenters. The zero-order chi connectivity index (χ0) is 17.2. The molecule has 25 heavy (non-hydrogen) atoms. The van der Waals surface area contributed by atoms with E-state index in [4.69, 9.17) is 14.6 Å². The third-order valence-corrected chi connectivity index (χ3v) is 4.99. The van der Waals surface area contributed by atoms with Crippen LogP contribution in [-0.4, -0.2) is 47.5 Å². The number of aryl methyl sites for hydroxylation is 1. The molecular weight excluding hydrogens is 318 g/mol. The third kappa shape index (κ3) is 3.26. The van der Waals surface area contributed by atoms with Crippen LogP contribution < -0.4 is 4.74 Å². The number of methoxy groups -OCH3 is 1. The Labute approximate surface area is 147 Å². The van der Waals surface area contributed by atoms with Gasteiger partial charge in [-0.3, -0.25) is 9.48 Å². The molecule has 6 nitrogen and oxygen atoms in total. The van der Waals surface area contributed by atoms with Gasteiger partial charge in [0, 0.05) is 25.3 Å². The first-order valence-corrected chi connectivity index (χ1v) is 8.82. The maximum atomic E-state index is 12.7. The largest absolute Gasteiger partial charge is 0.497 e. The first kappa shape index (κ1) is 16.1. The molecule has 1 aromatic heterocycles. The number of fused-ring (bicyclic) bond motifs is 1. The van der Waals surface area contributed by atoms with E-state index in [1.54, 1.807) is 7.11 Å². The Kier molecular flexibility index (Phi) is 4.44. The number of aromatic nitrogens is 2. The number of nitrogens with zero attached hydrogens (tertiary/aromatic N) is 3. The van der Waals surface area contributed by atoms with Gasteiger partial charge in [0.25, 0.3) is 0 Å². The standard InChI is InChI=1S/C19H23N3O3/c1-24-17-5-3-14(4-6-17)18-11-16-12-21(8-2-9-22(16)20-18)19(23)15-7-10-25-13-15/h3-6,11,15H,2,7-10,12-13H2,1H3. The Hall–Kier alpha value is -2.34. The van der Waals surface area contributed by atoms with Gasteiger partial charge in [-0.15, -0.1) is 0 Å². The SMILES string of the molecule is COc1ccc(-c2cc3n(n2)CCCN(C(=O)C2CCOC2)C3)cc1. The molecule has 2 aromatic rings. The lowest BCUT2D eigenvalue weighted by Crippen LogP contribution is -2.36. The van der Waals surface area contributed by atoms with E-state index in [1.165, 1.54) is 0 Å². The summed E-state index contributed by atoms with van der Waals surface area (Å²) in [7, 11) is 1.66. The molecule has 1 aromatic carbocycles. The molecule has 2 aliphatic heterocycles. The van der Waals surface area contributed by atoms with E-state index in [-0.39, 0.29) is 11.8 Å². The molecule has 0 N–H and O–H groups in total. The highest BCUT2D eigenvalue weighted by atomic mass is 16.5. The Balaban J connectivity index is 1.54. The Bertz CT molecular complexity index is 748. The number of amides is 1. The second-order valence-corrected chi connectivity index (χ2v) is 6.65. The van der Waals surface area contributed by atoms with Crippen LogP contribution in [0.3, 0.4) is 0 Å². The van der Waals surface area contributed by atoms with Crippen LogP contribution in [0.5, 0.6) is 5.75 Å². The summed E-state index contributed by atoms with van der Waals surface area (Å²) in [5.41, 5.74) is 3.09. The van der Waals surface area contributed by atoms with Gasteiger partial charge in [-0.25, -0.2) is 0 Å². The monoisotopic (exact) mass is 341 g/mol. The Morgan fingerprint density at radius 2 is 2.12 bits per heavy atom. The molecule has 1 fully saturated rings. The summed E-state index contributed by atoms with van der Waals surface area (Å²) in [5.74, 6) is 1.08. The van der Waals surface area contributed by atoms with E-state index in [9.17, 15) is 4.79 Å². The minimum Gasteiger partial charge on any atom is -0.497 e. The van der Waals surface area contributed by atoms with E-state index in [0.717, 1.165) is 48.6 Å². The van der Waals surface area contributed by atoms with E-state index < -0.39 is 0 Å². The highest BCUT2D eigenvalue weighted by Crippen LogP contribution is 2.25. The number of rotatable bonds is 3. The number of carbonyl (C=O) groups excluding carboxylic acids is 1. The molecule has 0 radical (unpaired) electrons. The maximum Gasteiger partial charge on any atom is 0.228 e. The van der Waals surface area contributed by atoms with Gasteiger partial charge in [0.1, 0.15) is 5.75 Å². The van der Waals surface area contributed by atoms with Crippen LogP contribution in [0.1, 0.15) is 18.5 Å². The molecular formula is C19H23N3O3. The van der Waals surface area contributed by atoms with E-state index >= 15 is 0 Å². The molecule has 132 valence electrons. The lowest BCUT2D eigenvalue weighted by Gasteiger charge is -2.22. The molecule has 0 aliphatic carbocycles. The van der Waals surface area contributed by atoms with Crippen LogP contribution in [0.25, 0.3) is 11.3 Å². The summed E-state index contributed by atoms with van der Waals surface area (Å²) in [4.78, 5) is 14.7. The molecule has 0 saturated carbocycles. The molecule has 1 amide bonds. The molecule has 1 atom stereocenters. The van der Waals surface area contributed by atoms with Crippen LogP contribution in [0.4, 0.5) is 0 Å². The highest BCUT2D eigenvalue weighted by Gasteiger charge is 2.29. The number of carbonyl (C=O) groups is 1. The van der Waals surface area contributed by atoms with Crippen LogP contribution in [-0.2, 0) is 22.6 Å². The van der Waals surface area contributed by atoms with E-state index in [2.05, 4.69) is 6.07 Å². The van der Waals surface area contributed by atoms with Crippen molar-refractivity contribution in [1.29, 1.82) is 0 Å². The van der Waals surface area contributed by atoms with Gasteiger partial charge in [0.2, 0.25) is 5.91 Å². The van der Waals surface area contributed by atoms with E-state index in [1.807, 2.05) is 33.8 Å².